The molecule has 212 valence electrons. The van der Waals surface area contributed by atoms with Gasteiger partial charge in [0.15, 0.2) is 0 Å². The van der Waals surface area contributed by atoms with Crippen molar-refractivity contribution in [2.45, 2.75) is 11.4 Å². The summed E-state index contributed by atoms with van der Waals surface area (Å²) in [7, 11) is -1.54. The minimum atomic E-state index is -4.03. The molecule has 4 rings (SSSR count). The van der Waals surface area contributed by atoms with E-state index in [1.807, 2.05) is 12.1 Å². The van der Waals surface area contributed by atoms with Crippen LogP contribution in [0, 0.1) is 0 Å². The highest BCUT2D eigenvalue weighted by atomic mass is 35.5. The van der Waals surface area contributed by atoms with Crippen molar-refractivity contribution >= 4 is 50.8 Å². The van der Waals surface area contributed by atoms with Crippen molar-refractivity contribution < 1.29 is 27.9 Å². The number of likely N-dealkylation sites (N-methyl/N-ethyl adjacent to an activating group) is 1. The number of anilines is 1. The standard InChI is InChI=1S/C30H26Cl2N2O6S/c1-33(41(38,39)26-14-7-22(8-15-26)21-5-11-24(32)12-6-21)19-29(36)34(18-20-3-9-23(31)10-4-20)25-13-16-28(35)27(17-25)30(37)40-2/h3-17,35H,18-19H2,1-2H3. The number of hydrogen-bond acceptors (Lipinski definition) is 6. The molecule has 4 aromatic carbocycles. The van der Waals surface area contributed by atoms with Gasteiger partial charge in [0.2, 0.25) is 15.9 Å². The van der Waals surface area contributed by atoms with Gasteiger partial charge in [-0.15, -0.1) is 0 Å². The third-order valence-corrected chi connectivity index (χ3v) is 8.67. The Balaban J connectivity index is 1.60. The van der Waals surface area contributed by atoms with Gasteiger partial charge in [-0.2, -0.15) is 4.31 Å². The average Bonchev–Trinajstić information content (AvgIpc) is 2.97. The molecular weight excluding hydrogens is 587 g/mol. The number of phenols is 1. The van der Waals surface area contributed by atoms with Crippen LogP contribution in [-0.2, 0) is 26.1 Å². The molecule has 41 heavy (non-hydrogen) atoms. The summed E-state index contributed by atoms with van der Waals surface area (Å²) in [6.07, 6.45) is 0. The summed E-state index contributed by atoms with van der Waals surface area (Å²) in [5, 5.41) is 11.3. The molecule has 1 N–H and O–H groups in total. The van der Waals surface area contributed by atoms with Crippen LogP contribution in [0.3, 0.4) is 0 Å². The van der Waals surface area contributed by atoms with E-state index in [1.165, 1.54) is 49.4 Å². The predicted molar refractivity (Wildman–Crippen MR) is 159 cm³/mol. The Morgan fingerprint density at radius 1 is 0.829 bits per heavy atom. The highest BCUT2D eigenvalue weighted by Crippen LogP contribution is 2.28. The lowest BCUT2D eigenvalue weighted by Gasteiger charge is -2.26. The molecule has 0 fully saturated rings. The van der Waals surface area contributed by atoms with Crippen LogP contribution in [0.15, 0.2) is 95.9 Å². The molecule has 0 aliphatic carbocycles. The molecule has 0 aliphatic rings. The largest absolute Gasteiger partial charge is 0.507 e. The summed E-state index contributed by atoms with van der Waals surface area (Å²) in [4.78, 5) is 27.1. The number of carbonyl (C=O) groups excluding carboxylic acids is 2. The minimum Gasteiger partial charge on any atom is -0.507 e. The van der Waals surface area contributed by atoms with Gasteiger partial charge in [0.1, 0.15) is 11.3 Å². The van der Waals surface area contributed by atoms with Crippen molar-refractivity contribution in [3.05, 3.63) is 112 Å². The van der Waals surface area contributed by atoms with E-state index in [0.29, 0.717) is 15.6 Å². The fraction of sp³-hybridized carbons (Fsp3) is 0.133. The zero-order chi connectivity index (χ0) is 29.7. The zero-order valence-electron chi connectivity index (χ0n) is 22.1. The van der Waals surface area contributed by atoms with Gasteiger partial charge < -0.3 is 14.7 Å². The Labute approximate surface area is 248 Å². The van der Waals surface area contributed by atoms with Crippen molar-refractivity contribution in [3.63, 3.8) is 0 Å². The quantitative estimate of drug-likeness (QED) is 0.232. The second-order valence-electron chi connectivity index (χ2n) is 9.09. The molecule has 0 bridgehead atoms. The van der Waals surface area contributed by atoms with Crippen LogP contribution in [0.4, 0.5) is 5.69 Å². The zero-order valence-corrected chi connectivity index (χ0v) is 24.4. The number of amides is 1. The van der Waals surface area contributed by atoms with E-state index >= 15 is 0 Å². The molecule has 0 unspecified atom stereocenters. The van der Waals surface area contributed by atoms with Gasteiger partial charge >= 0.3 is 5.97 Å². The molecule has 0 spiro atoms. The van der Waals surface area contributed by atoms with Crippen molar-refractivity contribution in [1.29, 1.82) is 0 Å². The summed E-state index contributed by atoms with van der Waals surface area (Å²) >= 11 is 12.0. The molecule has 1 amide bonds. The molecule has 0 radical (unpaired) electrons. The first kappa shape index (κ1) is 30.1. The lowest BCUT2D eigenvalue weighted by molar-refractivity contribution is -0.118. The molecule has 0 atom stereocenters. The number of carbonyl (C=O) groups is 2. The molecule has 4 aromatic rings. The number of esters is 1. The van der Waals surface area contributed by atoms with E-state index < -0.39 is 28.4 Å². The fourth-order valence-electron chi connectivity index (χ4n) is 4.06. The van der Waals surface area contributed by atoms with Crippen LogP contribution in [0.1, 0.15) is 15.9 Å². The number of nitrogens with zero attached hydrogens (tertiary/aromatic N) is 2. The molecule has 11 heteroatoms. The first-order chi connectivity index (χ1) is 19.5. The second-order valence-corrected chi connectivity index (χ2v) is 12.0. The molecule has 0 saturated carbocycles. The van der Waals surface area contributed by atoms with Gasteiger partial charge in [0.25, 0.3) is 0 Å². The monoisotopic (exact) mass is 612 g/mol. The predicted octanol–water partition coefficient (Wildman–Crippen LogP) is 6.01. The molecule has 0 aromatic heterocycles. The van der Waals surface area contributed by atoms with Gasteiger partial charge in [-0.25, -0.2) is 13.2 Å². The van der Waals surface area contributed by atoms with Gasteiger partial charge in [0, 0.05) is 22.8 Å². The Morgan fingerprint density at radius 2 is 1.37 bits per heavy atom. The van der Waals surface area contributed by atoms with Gasteiger partial charge in [-0.1, -0.05) is 59.6 Å². The Morgan fingerprint density at radius 3 is 1.93 bits per heavy atom. The van der Waals surface area contributed by atoms with Crippen LogP contribution >= 0.6 is 23.2 Å². The number of halogens is 2. The number of rotatable bonds is 9. The van der Waals surface area contributed by atoms with Crippen LogP contribution in [0.25, 0.3) is 11.1 Å². The minimum absolute atomic E-state index is 0.0207. The SMILES string of the molecule is COC(=O)c1cc(N(Cc2ccc(Cl)cc2)C(=O)CN(C)S(=O)(=O)c2ccc(-c3ccc(Cl)cc3)cc2)ccc1O. The highest BCUT2D eigenvalue weighted by molar-refractivity contribution is 7.89. The molecule has 8 nitrogen and oxygen atoms in total. The van der Waals surface area contributed by atoms with E-state index in [2.05, 4.69) is 0 Å². The summed E-state index contributed by atoms with van der Waals surface area (Å²) in [5.74, 6) is -1.67. The normalized spacial score (nSPS) is 11.3. The third kappa shape index (κ3) is 7.07. The van der Waals surface area contributed by atoms with Crippen LogP contribution in [-0.4, -0.2) is 50.4 Å². The summed E-state index contributed by atoms with van der Waals surface area (Å²) in [6, 6.07) is 24.3. The summed E-state index contributed by atoms with van der Waals surface area (Å²) < 4.78 is 32.4. The second kappa shape index (κ2) is 12.7. The van der Waals surface area contributed by atoms with Crippen molar-refractivity contribution in [3.8, 4) is 16.9 Å². The summed E-state index contributed by atoms with van der Waals surface area (Å²) in [6.45, 7) is -0.450. The first-order valence-electron chi connectivity index (χ1n) is 12.3. The number of benzene rings is 4. The third-order valence-electron chi connectivity index (χ3n) is 6.35. The van der Waals surface area contributed by atoms with E-state index in [-0.39, 0.29) is 28.4 Å². The maximum absolute atomic E-state index is 13.6. The van der Waals surface area contributed by atoms with E-state index in [9.17, 15) is 23.1 Å². The number of phenolic OH excluding ortho intramolecular Hbond substituents is 1. The maximum atomic E-state index is 13.6. The topological polar surface area (TPSA) is 104 Å². The molecule has 0 saturated heterocycles. The molecule has 0 aliphatic heterocycles. The van der Waals surface area contributed by atoms with Gasteiger partial charge in [-0.05, 0) is 71.3 Å². The van der Waals surface area contributed by atoms with Crippen LogP contribution in [0.5, 0.6) is 5.75 Å². The number of ether oxygens (including phenoxy) is 1. The van der Waals surface area contributed by atoms with Crippen molar-refractivity contribution in [1.82, 2.24) is 4.31 Å². The van der Waals surface area contributed by atoms with Gasteiger partial charge in [-0.3, -0.25) is 4.79 Å². The first-order valence-corrected chi connectivity index (χ1v) is 14.5. The summed E-state index contributed by atoms with van der Waals surface area (Å²) in [5.41, 5.74) is 2.52. The van der Waals surface area contributed by atoms with Crippen molar-refractivity contribution in [2.24, 2.45) is 0 Å². The lowest BCUT2D eigenvalue weighted by atomic mass is 10.1. The Hall–Kier alpha value is -3.89. The number of sulfonamides is 1. The molecular formula is C30H26Cl2N2O6S. The molecule has 0 heterocycles. The maximum Gasteiger partial charge on any atom is 0.341 e. The van der Waals surface area contributed by atoms with Gasteiger partial charge in [0.05, 0.1) is 25.1 Å². The highest BCUT2D eigenvalue weighted by Gasteiger charge is 2.27. The van der Waals surface area contributed by atoms with E-state index in [4.69, 9.17) is 27.9 Å². The fourth-order valence-corrected chi connectivity index (χ4v) is 5.44. The lowest BCUT2D eigenvalue weighted by Crippen LogP contribution is -2.41. The Bertz CT molecular complexity index is 1660. The smallest absolute Gasteiger partial charge is 0.341 e. The van der Waals surface area contributed by atoms with Crippen LogP contribution < -0.4 is 4.90 Å². The number of aromatic hydroxyl groups is 1. The number of methoxy groups -OCH3 is 1. The van der Waals surface area contributed by atoms with Crippen molar-refractivity contribution in [2.75, 3.05) is 25.6 Å². The van der Waals surface area contributed by atoms with Crippen LogP contribution in [0.2, 0.25) is 10.0 Å². The Kier molecular flexibility index (Phi) is 9.35. The van der Waals surface area contributed by atoms with E-state index in [1.54, 1.807) is 48.5 Å². The average molecular weight is 614 g/mol. The number of hydrogen-bond donors (Lipinski definition) is 1. The van der Waals surface area contributed by atoms with E-state index in [0.717, 1.165) is 15.4 Å².